The fourth-order valence-electron chi connectivity index (χ4n) is 2.43. The summed E-state index contributed by atoms with van der Waals surface area (Å²) < 4.78 is 1.14. The lowest BCUT2D eigenvalue weighted by atomic mass is 10.1. The molecule has 4 aromatic rings. The minimum absolute atomic E-state index is 0.274. The molecule has 2 nitrogen and oxygen atoms in total. The third-order valence-corrected chi connectivity index (χ3v) is 4.47. The van der Waals surface area contributed by atoms with Gasteiger partial charge in [0.15, 0.2) is 0 Å². The number of hydrogen-bond acceptors (Lipinski definition) is 3. The zero-order valence-corrected chi connectivity index (χ0v) is 11.4. The lowest BCUT2D eigenvalue weighted by molar-refractivity contribution is 0.477. The van der Waals surface area contributed by atoms with Gasteiger partial charge in [0, 0.05) is 5.39 Å². The molecule has 1 aromatic heterocycles. The Hall–Kier alpha value is -2.39. The fraction of sp³-hybridized carbons (Fsp3) is 0. The van der Waals surface area contributed by atoms with Crippen molar-refractivity contribution in [2.45, 2.75) is 0 Å². The molecular formula is C17H11NOS. The zero-order valence-electron chi connectivity index (χ0n) is 10.6. The summed E-state index contributed by atoms with van der Waals surface area (Å²) >= 11 is 1.61. The summed E-state index contributed by atoms with van der Waals surface area (Å²) in [5, 5.41) is 13.2. The Labute approximate surface area is 120 Å². The first-order valence-corrected chi connectivity index (χ1v) is 7.21. The summed E-state index contributed by atoms with van der Waals surface area (Å²) in [6.07, 6.45) is 0. The second-order valence-electron chi connectivity index (χ2n) is 4.67. The third-order valence-electron chi connectivity index (χ3n) is 3.42. The van der Waals surface area contributed by atoms with Crippen LogP contribution in [0.4, 0.5) is 0 Å². The molecule has 1 heterocycles. The van der Waals surface area contributed by atoms with Gasteiger partial charge in [-0.25, -0.2) is 4.98 Å². The first-order chi connectivity index (χ1) is 9.83. The van der Waals surface area contributed by atoms with Gasteiger partial charge in [0.05, 0.1) is 15.8 Å². The number of phenolic OH excluding ortho intramolecular Hbond substituents is 1. The first-order valence-electron chi connectivity index (χ1n) is 6.39. The second-order valence-corrected chi connectivity index (χ2v) is 5.70. The van der Waals surface area contributed by atoms with Crippen LogP contribution in [0, 0.1) is 0 Å². The van der Waals surface area contributed by atoms with E-state index < -0.39 is 0 Å². The summed E-state index contributed by atoms with van der Waals surface area (Å²) in [6.45, 7) is 0. The van der Waals surface area contributed by atoms with Crippen LogP contribution in [0.5, 0.6) is 5.75 Å². The van der Waals surface area contributed by atoms with Crippen LogP contribution in [0.15, 0.2) is 60.7 Å². The average Bonchev–Trinajstić information content (AvgIpc) is 2.92. The van der Waals surface area contributed by atoms with E-state index in [2.05, 4.69) is 24.3 Å². The maximum absolute atomic E-state index is 9.97. The maximum atomic E-state index is 9.97. The summed E-state index contributed by atoms with van der Waals surface area (Å²) in [5.41, 5.74) is 1.80. The molecule has 3 heteroatoms. The highest BCUT2D eigenvalue weighted by molar-refractivity contribution is 7.21. The lowest BCUT2D eigenvalue weighted by Crippen LogP contribution is -1.78. The Morgan fingerprint density at radius 3 is 2.55 bits per heavy atom. The van der Waals surface area contributed by atoms with Gasteiger partial charge in [0.25, 0.3) is 0 Å². The van der Waals surface area contributed by atoms with Gasteiger partial charge >= 0.3 is 0 Å². The van der Waals surface area contributed by atoms with Crippen LogP contribution in [0.25, 0.3) is 31.6 Å². The Kier molecular flexibility index (Phi) is 2.47. The Bertz CT molecular complexity index is 926. The molecular weight excluding hydrogens is 266 g/mol. The van der Waals surface area contributed by atoms with Crippen LogP contribution >= 0.6 is 11.3 Å². The Morgan fingerprint density at radius 2 is 1.65 bits per heavy atom. The minimum Gasteiger partial charge on any atom is -0.507 e. The monoisotopic (exact) mass is 277 g/mol. The van der Waals surface area contributed by atoms with Gasteiger partial charge in [-0.3, -0.25) is 0 Å². The first kappa shape index (κ1) is 11.4. The number of para-hydroxylation sites is 1. The molecule has 0 amide bonds. The van der Waals surface area contributed by atoms with Crippen molar-refractivity contribution in [3.8, 4) is 16.3 Å². The summed E-state index contributed by atoms with van der Waals surface area (Å²) in [5.74, 6) is 0.274. The van der Waals surface area contributed by atoms with Gasteiger partial charge in [-0.05, 0) is 23.6 Å². The van der Waals surface area contributed by atoms with Gasteiger partial charge < -0.3 is 5.11 Å². The number of aromatic nitrogens is 1. The normalized spacial score (nSPS) is 11.2. The van der Waals surface area contributed by atoms with Crippen LogP contribution in [-0.4, -0.2) is 10.1 Å². The summed E-state index contributed by atoms with van der Waals surface area (Å²) in [7, 11) is 0. The molecule has 0 radical (unpaired) electrons. The molecule has 0 spiro atoms. The van der Waals surface area contributed by atoms with Crippen molar-refractivity contribution in [1.82, 2.24) is 4.98 Å². The summed E-state index contributed by atoms with van der Waals surface area (Å²) in [6, 6.07) is 19.8. The van der Waals surface area contributed by atoms with Gasteiger partial charge in [-0.15, -0.1) is 11.3 Å². The number of fused-ring (bicyclic) bond motifs is 3. The molecule has 20 heavy (non-hydrogen) atoms. The number of aromatic hydroxyl groups is 1. The molecule has 0 aliphatic rings. The van der Waals surface area contributed by atoms with Gasteiger partial charge in [0.2, 0.25) is 0 Å². The van der Waals surface area contributed by atoms with E-state index in [9.17, 15) is 5.11 Å². The standard InChI is InChI=1S/C17H11NOS/c19-14-8-4-3-7-13(14)17-18-16-12-6-2-1-5-11(12)9-10-15(16)20-17/h1-10,19H. The predicted molar refractivity (Wildman–Crippen MR) is 84.2 cm³/mol. The van der Waals surface area contributed by atoms with Crippen LogP contribution in [-0.2, 0) is 0 Å². The van der Waals surface area contributed by atoms with E-state index in [1.807, 2.05) is 30.3 Å². The van der Waals surface area contributed by atoms with E-state index in [0.717, 1.165) is 26.2 Å². The van der Waals surface area contributed by atoms with E-state index in [1.165, 1.54) is 5.39 Å². The predicted octanol–water partition coefficient (Wildman–Crippen LogP) is 4.82. The molecule has 1 N–H and O–H groups in total. The largest absolute Gasteiger partial charge is 0.507 e. The topological polar surface area (TPSA) is 33.1 Å². The van der Waals surface area contributed by atoms with Crippen molar-refractivity contribution in [2.24, 2.45) is 0 Å². The highest BCUT2D eigenvalue weighted by atomic mass is 32.1. The molecule has 0 atom stereocenters. The van der Waals surface area contributed by atoms with Crippen LogP contribution in [0.3, 0.4) is 0 Å². The van der Waals surface area contributed by atoms with E-state index in [-0.39, 0.29) is 5.75 Å². The number of thiazole rings is 1. The fourth-order valence-corrected chi connectivity index (χ4v) is 3.45. The van der Waals surface area contributed by atoms with E-state index >= 15 is 0 Å². The van der Waals surface area contributed by atoms with Crippen LogP contribution < -0.4 is 0 Å². The molecule has 0 fully saturated rings. The van der Waals surface area contributed by atoms with Gasteiger partial charge in [-0.2, -0.15) is 0 Å². The Morgan fingerprint density at radius 1 is 0.850 bits per heavy atom. The number of benzene rings is 3. The smallest absolute Gasteiger partial charge is 0.128 e. The average molecular weight is 277 g/mol. The van der Waals surface area contributed by atoms with E-state index in [4.69, 9.17) is 4.98 Å². The molecule has 4 rings (SSSR count). The molecule has 0 saturated carbocycles. The van der Waals surface area contributed by atoms with E-state index in [1.54, 1.807) is 17.4 Å². The molecule has 0 saturated heterocycles. The molecule has 0 unspecified atom stereocenters. The maximum Gasteiger partial charge on any atom is 0.128 e. The molecule has 0 aliphatic heterocycles. The number of rotatable bonds is 1. The highest BCUT2D eigenvalue weighted by Gasteiger charge is 2.11. The van der Waals surface area contributed by atoms with Gasteiger partial charge in [-0.1, -0.05) is 42.5 Å². The molecule has 96 valence electrons. The molecule has 3 aromatic carbocycles. The van der Waals surface area contributed by atoms with Crippen molar-refractivity contribution >= 4 is 32.3 Å². The van der Waals surface area contributed by atoms with Crippen molar-refractivity contribution in [2.75, 3.05) is 0 Å². The Balaban J connectivity index is 2.04. The van der Waals surface area contributed by atoms with Crippen LogP contribution in [0.1, 0.15) is 0 Å². The lowest BCUT2D eigenvalue weighted by Gasteiger charge is -1.98. The van der Waals surface area contributed by atoms with Crippen molar-refractivity contribution in [1.29, 1.82) is 0 Å². The third kappa shape index (κ3) is 1.67. The molecule has 0 bridgehead atoms. The SMILES string of the molecule is Oc1ccccc1-c1nc2c(ccc3ccccc32)s1. The number of phenols is 1. The van der Waals surface area contributed by atoms with E-state index in [0.29, 0.717) is 0 Å². The molecule has 0 aliphatic carbocycles. The minimum atomic E-state index is 0.274. The van der Waals surface area contributed by atoms with Gasteiger partial charge in [0.1, 0.15) is 10.8 Å². The quantitative estimate of drug-likeness (QED) is 0.541. The van der Waals surface area contributed by atoms with Crippen molar-refractivity contribution in [3.63, 3.8) is 0 Å². The second kappa shape index (κ2) is 4.32. The highest BCUT2D eigenvalue weighted by Crippen LogP contribution is 2.37. The zero-order chi connectivity index (χ0) is 13.5. The number of hydrogen-bond donors (Lipinski definition) is 1. The summed E-state index contributed by atoms with van der Waals surface area (Å²) in [4.78, 5) is 4.73. The van der Waals surface area contributed by atoms with Crippen molar-refractivity contribution < 1.29 is 5.11 Å². The van der Waals surface area contributed by atoms with Crippen molar-refractivity contribution in [3.05, 3.63) is 60.7 Å². The van der Waals surface area contributed by atoms with Crippen LogP contribution in [0.2, 0.25) is 0 Å². The number of nitrogens with zero attached hydrogens (tertiary/aromatic N) is 1.